The van der Waals surface area contributed by atoms with Gasteiger partial charge in [-0.3, -0.25) is 9.59 Å². The van der Waals surface area contributed by atoms with Gasteiger partial charge in [0.1, 0.15) is 0 Å². The number of hydrogen-bond acceptors (Lipinski definition) is 3. The van der Waals surface area contributed by atoms with Crippen LogP contribution in [0.1, 0.15) is 26.2 Å². The molecule has 0 amide bonds. The highest BCUT2D eigenvalue weighted by Gasteiger charge is 2.49. The van der Waals surface area contributed by atoms with Gasteiger partial charge in [-0.05, 0) is 25.2 Å². The van der Waals surface area contributed by atoms with Crippen molar-refractivity contribution in [2.75, 3.05) is 0 Å². The van der Waals surface area contributed by atoms with Crippen LogP contribution in [0.5, 0.6) is 0 Å². The Kier molecular flexibility index (Phi) is 1.67. The molecule has 0 radical (unpaired) electrons. The van der Waals surface area contributed by atoms with Crippen LogP contribution in [-0.2, 0) is 14.3 Å². The predicted molar refractivity (Wildman–Crippen MR) is 41.4 cm³/mol. The summed E-state index contributed by atoms with van der Waals surface area (Å²) in [5.74, 6) is 0.654. The van der Waals surface area contributed by atoms with E-state index in [-0.39, 0.29) is 17.7 Å². The zero-order chi connectivity index (χ0) is 8.72. The van der Waals surface area contributed by atoms with Crippen LogP contribution in [0.2, 0.25) is 0 Å². The smallest absolute Gasteiger partial charge is 0.303 e. The van der Waals surface area contributed by atoms with Crippen molar-refractivity contribution < 1.29 is 14.3 Å². The van der Waals surface area contributed by atoms with E-state index in [0.29, 0.717) is 5.92 Å². The standard InChI is InChI=1S/C9H12O3/c1-5(10)12-8-3-2-6-4-7(6)9(8)11/h6-8H,2-4H2,1H3/t6-,7+,8-/m1/s1. The molecule has 0 saturated heterocycles. The third kappa shape index (κ3) is 1.24. The third-order valence-electron chi connectivity index (χ3n) is 2.71. The maximum atomic E-state index is 11.4. The first-order chi connectivity index (χ1) is 5.68. The van der Waals surface area contributed by atoms with E-state index in [1.807, 2.05) is 0 Å². The fourth-order valence-corrected chi connectivity index (χ4v) is 1.98. The van der Waals surface area contributed by atoms with Crippen molar-refractivity contribution in [3.05, 3.63) is 0 Å². The Hall–Kier alpha value is -0.860. The molecule has 0 aromatic carbocycles. The molecule has 2 fully saturated rings. The van der Waals surface area contributed by atoms with E-state index < -0.39 is 6.10 Å². The molecule has 2 saturated carbocycles. The molecule has 0 aromatic rings. The molecule has 12 heavy (non-hydrogen) atoms. The van der Waals surface area contributed by atoms with Gasteiger partial charge in [-0.1, -0.05) is 0 Å². The fourth-order valence-electron chi connectivity index (χ4n) is 1.98. The first-order valence-corrected chi connectivity index (χ1v) is 4.39. The average Bonchev–Trinajstić information content (AvgIpc) is 2.73. The highest BCUT2D eigenvalue weighted by molar-refractivity contribution is 5.90. The number of fused-ring (bicyclic) bond motifs is 1. The molecule has 2 aliphatic carbocycles. The zero-order valence-electron chi connectivity index (χ0n) is 7.08. The van der Waals surface area contributed by atoms with Crippen LogP contribution < -0.4 is 0 Å². The second-order valence-corrected chi connectivity index (χ2v) is 3.68. The summed E-state index contributed by atoms with van der Waals surface area (Å²) in [6.45, 7) is 1.35. The molecule has 3 heteroatoms. The van der Waals surface area contributed by atoms with E-state index in [1.165, 1.54) is 6.92 Å². The highest BCUT2D eigenvalue weighted by atomic mass is 16.5. The van der Waals surface area contributed by atoms with Gasteiger partial charge in [0.05, 0.1) is 0 Å². The summed E-state index contributed by atoms with van der Waals surface area (Å²) < 4.78 is 4.91. The summed E-state index contributed by atoms with van der Waals surface area (Å²) in [6.07, 6.45) is 2.39. The van der Waals surface area contributed by atoms with Crippen molar-refractivity contribution in [3.8, 4) is 0 Å². The van der Waals surface area contributed by atoms with Crippen molar-refractivity contribution in [2.45, 2.75) is 32.3 Å². The van der Waals surface area contributed by atoms with Crippen molar-refractivity contribution in [1.82, 2.24) is 0 Å². The first kappa shape index (κ1) is 7.77. The minimum Gasteiger partial charge on any atom is -0.455 e. The largest absolute Gasteiger partial charge is 0.455 e. The summed E-state index contributed by atoms with van der Waals surface area (Å²) >= 11 is 0. The van der Waals surface area contributed by atoms with E-state index in [9.17, 15) is 9.59 Å². The molecule has 0 aliphatic heterocycles. The van der Waals surface area contributed by atoms with Crippen LogP contribution in [0.3, 0.4) is 0 Å². The van der Waals surface area contributed by atoms with Gasteiger partial charge in [0.2, 0.25) is 0 Å². The van der Waals surface area contributed by atoms with Gasteiger partial charge in [0, 0.05) is 12.8 Å². The van der Waals surface area contributed by atoms with Crippen LogP contribution >= 0.6 is 0 Å². The fraction of sp³-hybridized carbons (Fsp3) is 0.778. The molecule has 66 valence electrons. The van der Waals surface area contributed by atoms with Crippen LogP contribution in [0.25, 0.3) is 0 Å². The van der Waals surface area contributed by atoms with Crippen LogP contribution in [-0.4, -0.2) is 17.9 Å². The highest BCUT2D eigenvalue weighted by Crippen LogP contribution is 2.47. The van der Waals surface area contributed by atoms with Crippen molar-refractivity contribution >= 4 is 11.8 Å². The SMILES string of the molecule is CC(=O)O[C@@H]1CC[C@@H]2C[C@@H]2C1=O. The van der Waals surface area contributed by atoms with Gasteiger partial charge in [-0.15, -0.1) is 0 Å². The lowest BCUT2D eigenvalue weighted by Gasteiger charge is -2.19. The Morgan fingerprint density at radius 2 is 2.25 bits per heavy atom. The molecule has 0 unspecified atom stereocenters. The number of carbonyl (C=O) groups is 2. The Balaban J connectivity index is 1.97. The maximum Gasteiger partial charge on any atom is 0.303 e. The van der Waals surface area contributed by atoms with E-state index in [2.05, 4.69) is 0 Å². The Morgan fingerprint density at radius 1 is 1.50 bits per heavy atom. The number of carbonyl (C=O) groups excluding carboxylic acids is 2. The molecule has 0 aromatic heterocycles. The summed E-state index contributed by atoms with van der Waals surface area (Å²) in [7, 11) is 0. The minimum atomic E-state index is -0.425. The Bertz CT molecular complexity index is 234. The molecular formula is C9H12O3. The number of Topliss-reactive ketones (excluding diaryl/α,β-unsaturated/α-hetero) is 1. The van der Waals surface area contributed by atoms with Crippen LogP contribution in [0, 0.1) is 11.8 Å². The second-order valence-electron chi connectivity index (χ2n) is 3.68. The monoisotopic (exact) mass is 168 g/mol. The Labute approximate surface area is 71.1 Å². The van der Waals surface area contributed by atoms with Gasteiger partial charge in [-0.25, -0.2) is 0 Å². The molecule has 2 aliphatic rings. The number of rotatable bonds is 1. The van der Waals surface area contributed by atoms with Gasteiger partial charge >= 0.3 is 5.97 Å². The summed E-state index contributed by atoms with van der Waals surface area (Å²) in [5, 5.41) is 0. The minimum absolute atomic E-state index is 0.154. The molecular weight excluding hydrogens is 156 g/mol. The lowest BCUT2D eigenvalue weighted by Crippen LogP contribution is -2.31. The molecule has 0 heterocycles. The maximum absolute atomic E-state index is 11.4. The molecule has 0 spiro atoms. The van der Waals surface area contributed by atoms with Gasteiger partial charge < -0.3 is 4.74 Å². The number of ketones is 1. The van der Waals surface area contributed by atoms with E-state index in [0.717, 1.165) is 19.3 Å². The van der Waals surface area contributed by atoms with Crippen LogP contribution in [0.15, 0.2) is 0 Å². The normalized spacial score (nSPS) is 38.8. The topological polar surface area (TPSA) is 43.4 Å². The predicted octanol–water partition coefficient (Wildman–Crippen LogP) is 0.917. The van der Waals surface area contributed by atoms with E-state index in [4.69, 9.17) is 4.74 Å². The average molecular weight is 168 g/mol. The zero-order valence-corrected chi connectivity index (χ0v) is 7.08. The molecule has 3 nitrogen and oxygen atoms in total. The lowest BCUT2D eigenvalue weighted by atomic mass is 9.96. The second kappa shape index (κ2) is 2.57. The first-order valence-electron chi connectivity index (χ1n) is 4.39. The molecule has 2 rings (SSSR count). The van der Waals surface area contributed by atoms with Crippen molar-refractivity contribution in [2.24, 2.45) is 11.8 Å². The van der Waals surface area contributed by atoms with E-state index >= 15 is 0 Å². The Morgan fingerprint density at radius 3 is 2.92 bits per heavy atom. The van der Waals surface area contributed by atoms with Crippen molar-refractivity contribution in [3.63, 3.8) is 0 Å². The van der Waals surface area contributed by atoms with Gasteiger partial charge in [0.15, 0.2) is 11.9 Å². The lowest BCUT2D eigenvalue weighted by molar-refractivity contribution is -0.155. The van der Waals surface area contributed by atoms with Crippen LogP contribution in [0.4, 0.5) is 0 Å². The molecule has 3 atom stereocenters. The van der Waals surface area contributed by atoms with Gasteiger partial charge in [-0.2, -0.15) is 0 Å². The summed E-state index contributed by atoms with van der Waals surface area (Å²) in [5.41, 5.74) is 0. The third-order valence-corrected chi connectivity index (χ3v) is 2.71. The van der Waals surface area contributed by atoms with E-state index in [1.54, 1.807) is 0 Å². The quantitative estimate of drug-likeness (QED) is 0.547. The number of ether oxygens (including phenoxy) is 1. The summed E-state index contributed by atoms with van der Waals surface area (Å²) in [4.78, 5) is 22.0. The number of esters is 1. The summed E-state index contributed by atoms with van der Waals surface area (Å²) in [6, 6.07) is 0. The molecule has 0 N–H and O–H groups in total. The number of hydrogen-bond donors (Lipinski definition) is 0. The van der Waals surface area contributed by atoms with Crippen molar-refractivity contribution in [1.29, 1.82) is 0 Å². The molecule has 0 bridgehead atoms. The van der Waals surface area contributed by atoms with Gasteiger partial charge in [0.25, 0.3) is 0 Å².